The Kier molecular flexibility index (Phi) is 6.38. The van der Waals surface area contributed by atoms with Crippen LogP contribution >= 0.6 is 0 Å². The normalized spacial score (nSPS) is 28.5. The number of hydrogen-bond donors (Lipinski definition) is 5. The molecule has 0 unspecified atom stereocenters. The van der Waals surface area contributed by atoms with Gasteiger partial charge in [0.1, 0.15) is 5.54 Å². The summed E-state index contributed by atoms with van der Waals surface area (Å²) < 4.78 is 28.4. The minimum atomic E-state index is -3.88. The average Bonchev–Trinajstić information content (AvgIpc) is 3.16. The van der Waals surface area contributed by atoms with Gasteiger partial charge < -0.3 is 26.6 Å². The second-order valence-electron chi connectivity index (χ2n) is 7.54. The third-order valence-electron chi connectivity index (χ3n) is 5.39. The van der Waals surface area contributed by atoms with Crippen molar-refractivity contribution in [2.24, 2.45) is 17.4 Å². The molecule has 0 bridgehead atoms. The maximum absolute atomic E-state index is 13.0. The summed E-state index contributed by atoms with van der Waals surface area (Å²) in [6.07, 6.45) is 2.24. The van der Waals surface area contributed by atoms with E-state index >= 15 is 0 Å². The van der Waals surface area contributed by atoms with Crippen LogP contribution in [-0.2, 0) is 15.0 Å². The quantitative estimate of drug-likeness (QED) is 0.266. The van der Waals surface area contributed by atoms with E-state index in [2.05, 4.69) is 0 Å². The summed E-state index contributed by atoms with van der Waals surface area (Å²) in [5, 5.41) is 27.4. The standard InChI is InChI=1S/C14H29BN4O6S/c1-2-18(9-13(16)5-6-13)26(24,25)19-8-11(4-3-7-15(22)23)14(17,10-19)12(20)21/h11,22-23H,2-10,16-17H2,1H3,(H,20,21)/t11-,14-/m0/s1. The van der Waals surface area contributed by atoms with Crippen LogP contribution in [0.25, 0.3) is 0 Å². The van der Waals surface area contributed by atoms with Crippen molar-refractivity contribution in [1.82, 2.24) is 8.61 Å². The van der Waals surface area contributed by atoms with E-state index in [1.165, 1.54) is 4.31 Å². The first-order chi connectivity index (χ1) is 11.9. The van der Waals surface area contributed by atoms with Crippen molar-refractivity contribution in [2.45, 2.75) is 50.0 Å². The lowest BCUT2D eigenvalue weighted by Gasteiger charge is -2.29. The maximum atomic E-state index is 13.0. The van der Waals surface area contributed by atoms with E-state index in [4.69, 9.17) is 21.5 Å². The molecule has 12 heteroatoms. The Morgan fingerprint density at radius 3 is 2.42 bits per heavy atom. The van der Waals surface area contributed by atoms with E-state index in [1.54, 1.807) is 6.92 Å². The van der Waals surface area contributed by atoms with Crippen LogP contribution in [0.1, 0.15) is 32.6 Å². The van der Waals surface area contributed by atoms with E-state index in [9.17, 15) is 18.3 Å². The van der Waals surface area contributed by atoms with Gasteiger partial charge >= 0.3 is 13.1 Å². The van der Waals surface area contributed by atoms with E-state index in [0.29, 0.717) is 12.8 Å². The van der Waals surface area contributed by atoms with Crippen LogP contribution in [0.15, 0.2) is 0 Å². The molecular formula is C14H29BN4O6S. The Balaban J connectivity index is 2.14. The van der Waals surface area contributed by atoms with Crippen molar-refractivity contribution in [2.75, 3.05) is 26.2 Å². The van der Waals surface area contributed by atoms with Crippen LogP contribution in [0.3, 0.4) is 0 Å². The monoisotopic (exact) mass is 392 g/mol. The summed E-state index contributed by atoms with van der Waals surface area (Å²) in [5.74, 6) is -1.87. The molecule has 26 heavy (non-hydrogen) atoms. The van der Waals surface area contributed by atoms with Crippen molar-refractivity contribution >= 4 is 23.3 Å². The van der Waals surface area contributed by atoms with E-state index in [0.717, 1.165) is 17.1 Å². The number of nitrogens with two attached hydrogens (primary N) is 2. The van der Waals surface area contributed by atoms with E-state index in [-0.39, 0.29) is 32.5 Å². The van der Waals surface area contributed by atoms with Crippen LogP contribution in [0, 0.1) is 5.92 Å². The molecule has 150 valence electrons. The summed E-state index contributed by atoms with van der Waals surface area (Å²) in [7, 11) is -5.36. The molecule has 2 atom stereocenters. The van der Waals surface area contributed by atoms with Crippen LogP contribution in [-0.4, -0.2) is 82.5 Å². The van der Waals surface area contributed by atoms with Gasteiger partial charge in [-0.15, -0.1) is 0 Å². The molecule has 2 aliphatic rings. The Morgan fingerprint density at radius 1 is 1.35 bits per heavy atom. The average molecular weight is 392 g/mol. The number of hydrogen-bond acceptors (Lipinski definition) is 7. The number of carboxylic acids is 1. The molecule has 1 aliphatic carbocycles. The molecule has 1 heterocycles. The van der Waals surface area contributed by atoms with Crippen molar-refractivity contribution in [3.8, 4) is 0 Å². The van der Waals surface area contributed by atoms with E-state index < -0.39 is 40.3 Å². The SMILES string of the molecule is CCN(CC1(N)CC1)S(=O)(=O)N1C[C@H](CCCB(O)O)[C@](N)(C(=O)O)C1. The lowest BCUT2D eigenvalue weighted by molar-refractivity contribution is -0.144. The molecule has 2 rings (SSSR count). The number of carboxylic acid groups (broad SMARTS) is 1. The van der Waals surface area contributed by atoms with Gasteiger partial charge in [0.25, 0.3) is 10.2 Å². The highest BCUT2D eigenvalue weighted by molar-refractivity contribution is 7.86. The lowest BCUT2D eigenvalue weighted by Crippen LogP contribution is -2.56. The molecule has 0 spiro atoms. The zero-order valence-electron chi connectivity index (χ0n) is 15.0. The lowest BCUT2D eigenvalue weighted by atomic mass is 9.78. The Morgan fingerprint density at radius 2 is 1.96 bits per heavy atom. The number of nitrogens with zero attached hydrogens (tertiary/aromatic N) is 2. The molecule has 7 N–H and O–H groups in total. The highest BCUT2D eigenvalue weighted by atomic mass is 32.2. The molecular weight excluding hydrogens is 363 g/mol. The third-order valence-corrected chi connectivity index (χ3v) is 7.36. The van der Waals surface area contributed by atoms with Crippen molar-refractivity contribution in [3.05, 3.63) is 0 Å². The van der Waals surface area contributed by atoms with Crippen molar-refractivity contribution in [3.63, 3.8) is 0 Å². The first kappa shape index (κ1) is 21.5. The van der Waals surface area contributed by atoms with Crippen LogP contribution in [0.4, 0.5) is 0 Å². The fourth-order valence-electron chi connectivity index (χ4n) is 3.40. The highest BCUT2D eigenvalue weighted by Crippen LogP contribution is 2.36. The zero-order chi connectivity index (χ0) is 19.8. The largest absolute Gasteiger partial charge is 0.480 e. The first-order valence-electron chi connectivity index (χ1n) is 8.87. The summed E-state index contributed by atoms with van der Waals surface area (Å²) >= 11 is 0. The minimum absolute atomic E-state index is 0.0132. The maximum Gasteiger partial charge on any atom is 0.451 e. The van der Waals surface area contributed by atoms with Crippen LogP contribution < -0.4 is 11.5 Å². The summed E-state index contributed by atoms with van der Waals surface area (Å²) in [4.78, 5) is 11.7. The minimum Gasteiger partial charge on any atom is -0.480 e. The van der Waals surface area contributed by atoms with Gasteiger partial charge in [0.05, 0.1) is 0 Å². The Hall–Kier alpha value is -0.755. The number of likely N-dealkylation sites (N-methyl/N-ethyl adjacent to an activating group) is 1. The van der Waals surface area contributed by atoms with Gasteiger partial charge in [-0.3, -0.25) is 4.79 Å². The molecule has 0 aromatic rings. The highest BCUT2D eigenvalue weighted by Gasteiger charge is 2.54. The molecule has 1 saturated heterocycles. The van der Waals surface area contributed by atoms with E-state index in [1.807, 2.05) is 0 Å². The summed E-state index contributed by atoms with van der Waals surface area (Å²) in [6, 6.07) is 0. The summed E-state index contributed by atoms with van der Waals surface area (Å²) in [5.41, 5.74) is 9.91. The second kappa shape index (κ2) is 7.70. The van der Waals surface area contributed by atoms with Crippen molar-refractivity contribution < 1.29 is 28.4 Å². The fraction of sp³-hybridized carbons (Fsp3) is 0.929. The number of carbonyl (C=O) groups is 1. The first-order valence-corrected chi connectivity index (χ1v) is 10.3. The Bertz CT molecular complexity index is 629. The van der Waals surface area contributed by atoms with Crippen molar-refractivity contribution in [1.29, 1.82) is 0 Å². The fourth-order valence-corrected chi connectivity index (χ4v) is 5.22. The zero-order valence-corrected chi connectivity index (χ0v) is 15.9. The van der Waals surface area contributed by atoms with Crippen LogP contribution in [0.2, 0.25) is 6.32 Å². The van der Waals surface area contributed by atoms with Gasteiger partial charge in [-0.05, 0) is 25.6 Å². The van der Waals surface area contributed by atoms with Gasteiger partial charge in [0, 0.05) is 37.6 Å². The molecule has 0 radical (unpaired) electrons. The molecule has 0 amide bonds. The molecule has 10 nitrogen and oxygen atoms in total. The second-order valence-corrected chi connectivity index (χ2v) is 9.47. The molecule has 1 saturated carbocycles. The van der Waals surface area contributed by atoms with Gasteiger partial charge in [0.2, 0.25) is 0 Å². The number of aliphatic carboxylic acids is 1. The van der Waals surface area contributed by atoms with Crippen LogP contribution in [0.5, 0.6) is 0 Å². The number of rotatable bonds is 10. The predicted octanol–water partition coefficient (Wildman–Crippen LogP) is -1.99. The predicted molar refractivity (Wildman–Crippen MR) is 96.2 cm³/mol. The topological polar surface area (TPSA) is 170 Å². The molecule has 2 fully saturated rings. The summed E-state index contributed by atoms with van der Waals surface area (Å²) in [6.45, 7) is 1.83. The van der Waals surface area contributed by atoms with Gasteiger partial charge in [-0.1, -0.05) is 13.3 Å². The molecule has 0 aromatic carbocycles. The molecule has 1 aliphatic heterocycles. The molecule has 0 aromatic heterocycles. The van der Waals surface area contributed by atoms with Gasteiger partial charge in [-0.2, -0.15) is 17.0 Å². The third kappa shape index (κ3) is 4.56. The van der Waals surface area contributed by atoms with Gasteiger partial charge in [-0.25, -0.2) is 0 Å². The smallest absolute Gasteiger partial charge is 0.451 e. The Labute approximate surface area is 154 Å². The van der Waals surface area contributed by atoms with Gasteiger partial charge in [0.15, 0.2) is 0 Å².